The fourth-order valence-electron chi connectivity index (χ4n) is 2.48. The Labute approximate surface area is 156 Å². The van der Waals surface area contributed by atoms with Crippen LogP contribution in [0.2, 0.25) is 0 Å². The van der Waals surface area contributed by atoms with Crippen molar-refractivity contribution in [2.75, 3.05) is 12.3 Å². The van der Waals surface area contributed by atoms with Gasteiger partial charge in [-0.3, -0.25) is 30.1 Å². The minimum Gasteiger partial charge on any atom is -0.297 e. The summed E-state index contributed by atoms with van der Waals surface area (Å²) in [5, 5.41) is 0. The normalized spacial score (nSPS) is 13.9. The molecule has 1 heterocycles. The van der Waals surface area contributed by atoms with Crippen molar-refractivity contribution in [3.8, 4) is 0 Å². The predicted octanol–water partition coefficient (Wildman–Crippen LogP) is 2.10. The Bertz CT molecular complexity index is 690. The Morgan fingerprint density at radius 1 is 1.24 bits per heavy atom. The first-order chi connectivity index (χ1) is 11.9. The van der Waals surface area contributed by atoms with E-state index in [4.69, 9.17) is 12.2 Å². The highest BCUT2D eigenvalue weighted by Gasteiger charge is 2.25. The van der Waals surface area contributed by atoms with E-state index in [0.717, 1.165) is 11.1 Å². The lowest BCUT2D eigenvalue weighted by molar-refractivity contribution is -0.124. The maximum atomic E-state index is 12.1. The number of hydrogen-bond acceptors (Lipinski definition) is 5. The van der Waals surface area contributed by atoms with Gasteiger partial charge in [-0.15, -0.1) is 0 Å². The Balaban J connectivity index is 1.67. The number of unbranched alkanes of at least 4 members (excludes halogenated alkanes) is 1. The maximum absolute atomic E-state index is 12.1. The third-order valence-corrected chi connectivity index (χ3v) is 5.25. The van der Waals surface area contributed by atoms with Crippen molar-refractivity contribution >= 4 is 46.0 Å². The molecule has 1 fully saturated rings. The molecule has 1 aliphatic rings. The minimum absolute atomic E-state index is 0.0279. The van der Waals surface area contributed by atoms with Gasteiger partial charge in [0.2, 0.25) is 11.8 Å². The summed E-state index contributed by atoms with van der Waals surface area (Å²) >= 11 is 6.47. The van der Waals surface area contributed by atoms with E-state index in [1.807, 2.05) is 26.0 Å². The van der Waals surface area contributed by atoms with Gasteiger partial charge in [0.05, 0.1) is 5.75 Å². The number of hydrogen-bond donors (Lipinski definition) is 2. The molecule has 2 N–H and O–H groups in total. The molecule has 0 aliphatic carbocycles. The van der Waals surface area contributed by atoms with E-state index in [-0.39, 0.29) is 24.1 Å². The summed E-state index contributed by atoms with van der Waals surface area (Å²) in [4.78, 5) is 37.0. The number of carbonyl (C=O) groups is 3. The molecule has 1 aliphatic heterocycles. The third-order valence-electron chi connectivity index (χ3n) is 3.82. The topological polar surface area (TPSA) is 78.5 Å². The number of rotatable bonds is 6. The van der Waals surface area contributed by atoms with E-state index in [0.29, 0.717) is 35.0 Å². The number of benzene rings is 1. The monoisotopic (exact) mass is 379 g/mol. The van der Waals surface area contributed by atoms with Gasteiger partial charge in [0.25, 0.3) is 5.91 Å². The van der Waals surface area contributed by atoms with Crippen LogP contribution in [0.25, 0.3) is 0 Å². The van der Waals surface area contributed by atoms with E-state index in [9.17, 15) is 14.4 Å². The molecule has 1 aromatic carbocycles. The summed E-state index contributed by atoms with van der Waals surface area (Å²) in [5.74, 6) is -0.164. The van der Waals surface area contributed by atoms with Gasteiger partial charge in [-0.05, 0) is 38.3 Å². The van der Waals surface area contributed by atoms with Crippen LogP contribution in [0.5, 0.6) is 0 Å². The van der Waals surface area contributed by atoms with Crippen LogP contribution in [0.15, 0.2) is 18.2 Å². The number of thioether (sulfide) groups is 1. The average molecular weight is 380 g/mol. The molecule has 0 atom stereocenters. The highest BCUT2D eigenvalue weighted by atomic mass is 32.2. The van der Waals surface area contributed by atoms with Crippen molar-refractivity contribution < 1.29 is 14.4 Å². The zero-order valence-corrected chi connectivity index (χ0v) is 15.9. The van der Waals surface area contributed by atoms with Gasteiger partial charge >= 0.3 is 0 Å². The Morgan fingerprint density at radius 3 is 2.64 bits per heavy atom. The summed E-state index contributed by atoms with van der Waals surface area (Å²) in [6.07, 6.45) is 1.57. The number of hydrazine groups is 1. The molecule has 8 heteroatoms. The van der Waals surface area contributed by atoms with Gasteiger partial charge in [-0.1, -0.05) is 41.7 Å². The van der Waals surface area contributed by atoms with E-state index in [2.05, 4.69) is 10.9 Å². The summed E-state index contributed by atoms with van der Waals surface area (Å²) < 4.78 is 0.607. The van der Waals surface area contributed by atoms with Crippen molar-refractivity contribution in [2.24, 2.45) is 0 Å². The van der Waals surface area contributed by atoms with Gasteiger partial charge in [0, 0.05) is 18.5 Å². The fourth-order valence-corrected chi connectivity index (χ4v) is 3.60. The summed E-state index contributed by atoms with van der Waals surface area (Å²) in [7, 11) is 0. The molecular weight excluding hydrogens is 358 g/mol. The lowest BCUT2D eigenvalue weighted by atomic mass is 10.1. The molecule has 0 radical (unpaired) electrons. The van der Waals surface area contributed by atoms with Crippen LogP contribution >= 0.6 is 24.0 Å². The average Bonchev–Trinajstić information content (AvgIpc) is 2.88. The molecule has 0 saturated carbocycles. The smallest absolute Gasteiger partial charge is 0.269 e. The molecule has 0 spiro atoms. The number of nitrogens with zero attached hydrogens (tertiary/aromatic N) is 1. The lowest BCUT2D eigenvalue weighted by Crippen LogP contribution is -2.41. The molecule has 134 valence electrons. The SMILES string of the molecule is Cc1ccc(C(=O)NNC(=O)CCCCN2C(=O)CSC2=S)c(C)c1. The first-order valence-electron chi connectivity index (χ1n) is 8.02. The quantitative estimate of drug-likeness (QED) is 0.450. The molecule has 2 rings (SSSR count). The van der Waals surface area contributed by atoms with Crippen LogP contribution in [0.1, 0.15) is 40.7 Å². The molecule has 0 aromatic heterocycles. The Kier molecular flexibility index (Phi) is 6.95. The fraction of sp³-hybridized carbons (Fsp3) is 0.412. The Morgan fingerprint density at radius 2 is 2.00 bits per heavy atom. The van der Waals surface area contributed by atoms with Crippen LogP contribution in [-0.2, 0) is 9.59 Å². The summed E-state index contributed by atoms with van der Waals surface area (Å²) in [5.41, 5.74) is 7.31. The first-order valence-corrected chi connectivity index (χ1v) is 9.41. The highest BCUT2D eigenvalue weighted by Crippen LogP contribution is 2.19. The molecule has 6 nitrogen and oxygen atoms in total. The minimum atomic E-state index is -0.337. The highest BCUT2D eigenvalue weighted by molar-refractivity contribution is 8.23. The van der Waals surface area contributed by atoms with Crippen LogP contribution in [0, 0.1) is 13.8 Å². The van der Waals surface area contributed by atoms with E-state index in [1.54, 1.807) is 11.0 Å². The number of thiocarbonyl (C=S) groups is 1. The van der Waals surface area contributed by atoms with E-state index >= 15 is 0 Å². The zero-order valence-electron chi connectivity index (χ0n) is 14.3. The van der Waals surface area contributed by atoms with E-state index < -0.39 is 0 Å². The lowest BCUT2D eigenvalue weighted by Gasteiger charge is -2.14. The van der Waals surface area contributed by atoms with Crippen LogP contribution < -0.4 is 10.9 Å². The number of nitrogens with one attached hydrogen (secondary N) is 2. The molecule has 1 saturated heterocycles. The maximum Gasteiger partial charge on any atom is 0.269 e. The molecule has 0 unspecified atom stereocenters. The second-order valence-electron chi connectivity index (χ2n) is 5.88. The number of carbonyl (C=O) groups excluding carboxylic acids is 3. The second kappa shape index (κ2) is 8.96. The number of aryl methyl sites for hydroxylation is 2. The molecular formula is C17H21N3O3S2. The van der Waals surface area contributed by atoms with Gasteiger partial charge in [0.1, 0.15) is 4.32 Å². The van der Waals surface area contributed by atoms with Crippen molar-refractivity contribution in [3.05, 3.63) is 34.9 Å². The molecule has 3 amide bonds. The number of amides is 3. The second-order valence-corrected chi connectivity index (χ2v) is 7.49. The van der Waals surface area contributed by atoms with Gasteiger partial charge in [0.15, 0.2) is 0 Å². The molecule has 0 bridgehead atoms. The largest absolute Gasteiger partial charge is 0.297 e. The molecule has 1 aromatic rings. The van der Waals surface area contributed by atoms with Crippen LogP contribution in [0.3, 0.4) is 0 Å². The van der Waals surface area contributed by atoms with Crippen molar-refractivity contribution in [3.63, 3.8) is 0 Å². The summed E-state index contributed by atoms with van der Waals surface area (Å²) in [6.45, 7) is 4.34. The van der Waals surface area contributed by atoms with Gasteiger partial charge < -0.3 is 0 Å². The first kappa shape index (κ1) is 19.4. The van der Waals surface area contributed by atoms with Crippen molar-refractivity contribution in [2.45, 2.75) is 33.1 Å². The summed E-state index contributed by atoms with van der Waals surface area (Å²) in [6, 6.07) is 5.51. The van der Waals surface area contributed by atoms with E-state index in [1.165, 1.54) is 11.8 Å². The van der Waals surface area contributed by atoms with Crippen LogP contribution in [-0.4, -0.2) is 39.2 Å². The van der Waals surface area contributed by atoms with Crippen LogP contribution in [0.4, 0.5) is 0 Å². The van der Waals surface area contributed by atoms with Gasteiger partial charge in [-0.2, -0.15) is 0 Å². The molecule has 25 heavy (non-hydrogen) atoms. The van der Waals surface area contributed by atoms with Gasteiger partial charge in [-0.25, -0.2) is 0 Å². The van der Waals surface area contributed by atoms with Crippen molar-refractivity contribution in [1.29, 1.82) is 0 Å². The third kappa shape index (κ3) is 5.54. The standard InChI is InChI=1S/C17H21N3O3S2/c1-11-6-7-13(12(2)9-11)16(23)19-18-14(21)5-3-4-8-20-15(22)10-25-17(20)24/h6-7,9H,3-5,8,10H2,1-2H3,(H,18,21)(H,19,23). The van der Waals surface area contributed by atoms with Crippen molar-refractivity contribution in [1.82, 2.24) is 15.8 Å². The predicted molar refractivity (Wildman–Crippen MR) is 102 cm³/mol. The Hall–Kier alpha value is -1.93. The zero-order chi connectivity index (χ0) is 18.4.